The molecule has 1 unspecified atom stereocenters. The number of ketones is 1. The Labute approximate surface area is 109 Å². The number of hydrogen-bond acceptors (Lipinski definition) is 6. The molecule has 1 aliphatic rings. The van der Waals surface area contributed by atoms with Gasteiger partial charge in [-0.15, -0.1) is 0 Å². The molecule has 0 saturated heterocycles. The van der Waals surface area contributed by atoms with Crippen LogP contribution in [0.5, 0.6) is 0 Å². The molecule has 0 bridgehead atoms. The molecule has 0 saturated carbocycles. The highest BCUT2D eigenvalue weighted by Crippen LogP contribution is 2.27. The number of nitrogens with zero attached hydrogens (tertiary/aromatic N) is 3. The third-order valence-electron chi connectivity index (χ3n) is 2.71. The second kappa shape index (κ2) is 4.89. The van der Waals surface area contributed by atoms with Crippen molar-refractivity contribution in [2.24, 2.45) is 5.92 Å². The lowest BCUT2D eigenvalue weighted by atomic mass is 9.94. The average molecular weight is 270 g/mol. The van der Waals surface area contributed by atoms with Crippen molar-refractivity contribution in [1.29, 1.82) is 0 Å². The number of carbonyl (C=O) groups is 2. The molecule has 7 heteroatoms. The summed E-state index contributed by atoms with van der Waals surface area (Å²) in [5, 5.41) is 0.0722. The van der Waals surface area contributed by atoms with Crippen molar-refractivity contribution in [3.63, 3.8) is 0 Å². The van der Waals surface area contributed by atoms with E-state index in [1.54, 1.807) is 18.9 Å². The molecule has 2 rings (SSSR count). The molecule has 1 atom stereocenters. The number of aromatic nitrogens is 2. The fourth-order valence-corrected chi connectivity index (χ4v) is 2.00. The zero-order chi connectivity index (χ0) is 13.3. The Balaban J connectivity index is 2.36. The van der Waals surface area contributed by atoms with Crippen LogP contribution in [0.25, 0.3) is 0 Å². The quantitative estimate of drug-likeness (QED) is 0.452. The van der Waals surface area contributed by atoms with Gasteiger partial charge in [0.1, 0.15) is 11.7 Å². The van der Waals surface area contributed by atoms with Gasteiger partial charge in [0.25, 0.3) is 0 Å². The minimum Gasteiger partial charge on any atom is -0.465 e. The van der Waals surface area contributed by atoms with E-state index in [-0.39, 0.29) is 24.2 Å². The molecular formula is C11H12ClN3O3. The molecule has 0 aliphatic carbocycles. The summed E-state index contributed by atoms with van der Waals surface area (Å²) < 4.78 is 4.89. The van der Waals surface area contributed by atoms with E-state index in [0.717, 1.165) is 0 Å². The van der Waals surface area contributed by atoms with Crippen molar-refractivity contribution >= 4 is 29.2 Å². The summed E-state index contributed by atoms with van der Waals surface area (Å²) in [6.45, 7) is 2.18. The molecule has 0 spiro atoms. The molecular weight excluding hydrogens is 258 g/mol. The average Bonchev–Trinajstić information content (AvgIpc) is 2.34. The summed E-state index contributed by atoms with van der Waals surface area (Å²) in [6.07, 6.45) is 1.34. The normalized spacial score (nSPS) is 18.5. The molecule has 1 aromatic rings. The Morgan fingerprint density at radius 3 is 3.06 bits per heavy atom. The molecule has 2 heterocycles. The lowest BCUT2D eigenvalue weighted by molar-refractivity contribution is -0.145. The van der Waals surface area contributed by atoms with Gasteiger partial charge in [0, 0.05) is 19.8 Å². The number of esters is 1. The first-order chi connectivity index (χ1) is 8.54. The Morgan fingerprint density at radius 1 is 1.67 bits per heavy atom. The first-order valence-corrected chi connectivity index (χ1v) is 5.87. The maximum absolute atomic E-state index is 12.1. The second-order valence-electron chi connectivity index (χ2n) is 3.93. The van der Waals surface area contributed by atoms with E-state index < -0.39 is 11.9 Å². The van der Waals surface area contributed by atoms with Gasteiger partial charge in [-0.25, -0.2) is 4.98 Å². The fraction of sp³-hybridized carbons (Fsp3) is 0.455. The summed E-state index contributed by atoms with van der Waals surface area (Å²) in [4.78, 5) is 33.3. The highest BCUT2D eigenvalue weighted by Gasteiger charge is 2.37. The van der Waals surface area contributed by atoms with Crippen molar-refractivity contribution in [2.75, 3.05) is 25.1 Å². The van der Waals surface area contributed by atoms with Crippen LogP contribution in [0.3, 0.4) is 0 Å². The van der Waals surface area contributed by atoms with E-state index >= 15 is 0 Å². The van der Waals surface area contributed by atoms with Gasteiger partial charge in [-0.05, 0) is 18.5 Å². The molecule has 0 N–H and O–H groups in total. The topological polar surface area (TPSA) is 72.4 Å². The molecule has 0 radical (unpaired) electrons. The summed E-state index contributed by atoms with van der Waals surface area (Å²) in [5.74, 6) is -1.22. The van der Waals surface area contributed by atoms with Crippen molar-refractivity contribution < 1.29 is 14.3 Å². The lowest BCUT2D eigenvalue weighted by Gasteiger charge is -2.29. The Bertz CT molecular complexity index is 506. The van der Waals surface area contributed by atoms with E-state index in [2.05, 4.69) is 9.97 Å². The number of anilines is 1. The maximum atomic E-state index is 12.1. The van der Waals surface area contributed by atoms with Gasteiger partial charge in [-0.1, -0.05) is 0 Å². The minimum absolute atomic E-state index is 0.0722. The number of halogens is 1. The van der Waals surface area contributed by atoms with Crippen LogP contribution in [0.15, 0.2) is 6.20 Å². The van der Waals surface area contributed by atoms with Crippen molar-refractivity contribution in [2.45, 2.75) is 6.92 Å². The summed E-state index contributed by atoms with van der Waals surface area (Å²) in [6, 6.07) is 0. The highest BCUT2D eigenvalue weighted by molar-refractivity contribution is 6.28. The van der Waals surface area contributed by atoms with Gasteiger partial charge in [0.15, 0.2) is 5.78 Å². The highest BCUT2D eigenvalue weighted by atomic mass is 35.5. The monoisotopic (exact) mass is 269 g/mol. The second-order valence-corrected chi connectivity index (χ2v) is 4.26. The van der Waals surface area contributed by atoms with E-state index in [4.69, 9.17) is 16.3 Å². The van der Waals surface area contributed by atoms with Crippen molar-refractivity contribution in [3.8, 4) is 0 Å². The molecule has 0 fully saturated rings. The van der Waals surface area contributed by atoms with Gasteiger partial charge >= 0.3 is 5.97 Å². The van der Waals surface area contributed by atoms with Crippen LogP contribution in [-0.2, 0) is 9.53 Å². The summed E-state index contributed by atoms with van der Waals surface area (Å²) in [7, 11) is 1.74. The number of carbonyl (C=O) groups excluding carboxylic acids is 2. The van der Waals surface area contributed by atoms with Crippen LogP contribution < -0.4 is 4.90 Å². The first kappa shape index (κ1) is 12.8. The van der Waals surface area contributed by atoms with Crippen molar-refractivity contribution in [1.82, 2.24) is 9.97 Å². The van der Waals surface area contributed by atoms with E-state index in [9.17, 15) is 9.59 Å². The lowest BCUT2D eigenvalue weighted by Crippen LogP contribution is -2.42. The van der Waals surface area contributed by atoms with Crippen LogP contribution in [0.1, 0.15) is 17.3 Å². The Morgan fingerprint density at radius 2 is 2.39 bits per heavy atom. The Kier molecular flexibility index (Phi) is 3.47. The van der Waals surface area contributed by atoms with E-state index in [1.807, 2.05) is 0 Å². The predicted octanol–water partition coefficient (Wildman–Crippen LogP) is 0.942. The van der Waals surface area contributed by atoms with Crippen LogP contribution in [0.4, 0.5) is 5.82 Å². The fourth-order valence-electron chi connectivity index (χ4n) is 1.87. The molecule has 0 aromatic carbocycles. The smallest absolute Gasteiger partial charge is 0.318 e. The third-order valence-corrected chi connectivity index (χ3v) is 2.89. The number of ether oxygens (including phenoxy) is 1. The van der Waals surface area contributed by atoms with E-state index in [0.29, 0.717) is 11.4 Å². The summed E-state index contributed by atoms with van der Waals surface area (Å²) in [5.41, 5.74) is 0.297. The maximum Gasteiger partial charge on any atom is 0.318 e. The molecule has 96 valence electrons. The number of Topliss-reactive ketones (excluding diaryl/α,β-unsaturated/α-hetero) is 1. The van der Waals surface area contributed by atoms with Crippen LogP contribution in [0.2, 0.25) is 5.28 Å². The molecule has 6 nitrogen and oxygen atoms in total. The third kappa shape index (κ3) is 2.15. The van der Waals surface area contributed by atoms with Gasteiger partial charge in [-0.2, -0.15) is 4.98 Å². The SMILES string of the molecule is CCOC(=O)C1CN(C)c2nc(Cl)ncc2C1=O. The van der Waals surface area contributed by atoms with Gasteiger partial charge < -0.3 is 9.64 Å². The number of rotatable bonds is 2. The van der Waals surface area contributed by atoms with Crippen LogP contribution >= 0.6 is 11.6 Å². The first-order valence-electron chi connectivity index (χ1n) is 5.49. The summed E-state index contributed by atoms with van der Waals surface area (Å²) >= 11 is 5.69. The molecule has 1 aromatic heterocycles. The number of fused-ring (bicyclic) bond motifs is 1. The largest absolute Gasteiger partial charge is 0.465 e. The van der Waals surface area contributed by atoms with Gasteiger partial charge in [0.05, 0.1) is 12.2 Å². The van der Waals surface area contributed by atoms with Gasteiger partial charge in [-0.3, -0.25) is 9.59 Å². The van der Waals surface area contributed by atoms with Gasteiger partial charge in [0.2, 0.25) is 5.28 Å². The minimum atomic E-state index is -0.827. The Hall–Kier alpha value is -1.69. The predicted molar refractivity (Wildman–Crippen MR) is 64.8 cm³/mol. The molecule has 1 aliphatic heterocycles. The number of hydrogen-bond donors (Lipinski definition) is 0. The zero-order valence-corrected chi connectivity index (χ0v) is 10.8. The zero-order valence-electron chi connectivity index (χ0n) is 10.0. The van der Waals surface area contributed by atoms with Crippen molar-refractivity contribution in [3.05, 3.63) is 17.0 Å². The molecule has 18 heavy (non-hydrogen) atoms. The van der Waals surface area contributed by atoms with Crippen LogP contribution in [-0.4, -0.2) is 41.9 Å². The van der Waals surface area contributed by atoms with E-state index in [1.165, 1.54) is 6.20 Å². The standard InChI is InChI=1S/C11H12ClN3O3/c1-3-18-10(17)7-5-15(2)9-6(8(7)16)4-13-11(12)14-9/h4,7H,3,5H2,1-2H3. The molecule has 0 amide bonds. The van der Waals surface area contributed by atoms with Crippen LogP contribution in [0, 0.1) is 5.92 Å².